The van der Waals surface area contributed by atoms with Gasteiger partial charge in [-0.25, -0.2) is 4.79 Å². The summed E-state index contributed by atoms with van der Waals surface area (Å²) in [6.07, 6.45) is 1.26. The molecule has 0 aliphatic carbocycles. The molecule has 0 unspecified atom stereocenters. The van der Waals surface area contributed by atoms with Crippen LogP contribution in [0.15, 0.2) is 40.3 Å². The molecule has 0 fully saturated rings. The second-order valence-electron chi connectivity index (χ2n) is 3.13. The van der Waals surface area contributed by atoms with E-state index in [2.05, 4.69) is 0 Å². The van der Waals surface area contributed by atoms with Crippen LogP contribution >= 0.6 is 11.8 Å². The van der Waals surface area contributed by atoms with E-state index >= 15 is 0 Å². The first kappa shape index (κ1) is 10.1. The van der Waals surface area contributed by atoms with Gasteiger partial charge in [-0.15, -0.1) is 0 Å². The Balaban J connectivity index is 2.41. The van der Waals surface area contributed by atoms with Gasteiger partial charge >= 0.3 is 5.97 Å². The van der Waals surface area contributed by atoms with Gasteiger partial charge in [0.05, 0.1) is 16.8 Å². The molecule has 0 atom stereocenters. The van der Waals surface area contributed by atoms with Crippen molar-refractivity contribution in [2.75, 3.05) is 11.4 Å². The minimum absolute atomic E-state index is 0.781. The molecule has 1 aliphatic heterocycles. The number of carboxylic acids is 1. The van der Waals surface area contributed by atoms with Crippen molar-refractivity contribution in [2.45, 2.75) is 11.8 Å². The first-order valence-electron chi connectivity index (χ1n) is 4.71. The molecule has 1 N–H and O–H groups in total. The third kappa shape index (κ3) is 1.85. The number of fused-ring (bicyclic) bond motifs is 1. The summed E-state index contributed by atoms with van der Waals surface area (Å²) in [7, 11) is 0. The molecule has 78 valence electrons. The molecular formula is C11H11NO2S. The Hall–Kier alpha value is -1.42. The number of nitrogens with zero attached hydrogens (tertiary/aromatic N) is 1. The normalized spacial score (nSPS) is 16.9. The van der Waals surface area contributed by atoms with Gasteiger partial charge in [-0.2, -0.15) is 0 Å². The highest BCUT2D eigenvalue weighted by Crippen LogP contribution is 2.45. The maximum Gasteiger partial charge on any atom is 0.330 e. The Bertz CT molecular complexity index is 428. The molecule has 1 aliphatic rings. The average molecular weight is 221 g/mol. The Morgan fingerprint density at radius 3 is 2.93 bits per heavy atom. The fourth-order valence-electron chi connectivity index (χ4n) is 1.59. The van der Waals surface area contributed by atoms with Crippen molar-refractivity contribution in [1.29, 1.82) is 0 Å². The van der Waals surface area contributed by atoms with Gasteiger partial charge in [0.1, 0.15) is 0 Å². The van der Waals surface area contributed by atoms with Crippen molar-refractivity contribution in [3.63, 3.8) is 0 Å². The van der Waals surface area contributed by atoms with Crippen LogP contribution in [0.2, 0.25) is 0 Å². The van der Waals surface area contributed by atoms with E-state index < -0.39 is 5.97 Å². The van der Waals surface area contributed by atoms with Gasteiger partial charge in [-0.05, 0) is 19.1 Å². The number of aliphatic carboxylic acids is 1. The molecule has 4 heteroatoms. The van der Waals surface area contributed by atoms with E-state index in [0.717, 1.165) is 22.2 Å². The number of thioether (sulfide) groups is 1. The zero-order chi connectivity index (χ0) is 10.8. The van der Waals surface area contributed by atoms with E-state index in [1.54, 1.807) is 0 Å². The first-order valence-corrected chi connectivity index (χ1v) is 5.53. The molecule has 15 heavy (non-hydrogen) atoms. The molecule has 0 spiro atoms. The molecule has 1 aromatic carbocycles. The van der Waals surface area contributed by atoms with Crippen LogP contribution in [0.4, 0.5) is 5.69 Å². The van der Waals surface area contributed by atoms with Crippen LogP contribution in [0.1, 0.15) is 6.92 Å². The van der Waals surface area contributed by atoms with Crippen molar-refractivity contribution in [3.8, 4) is 0 Å². The maximum absolute atomic E-state index is 10.7. The Kier molecular flexibility index (Phi) is 2.68. The predicted octanol–water partition coefficient (Wildman–Crippen LogP) is 2.54. The molecule has 1 aromatic rings. The van der Waals surface area contributed by atoms with E-state index in [1.165, 1.54) is 17.8 Å². The van der Waals surface area contributed by atoms with Crippen molar-refractivity contribution >= 4 is 23.4 Å². The number of benzene rings is 1. The monoisotopic (exact) mass is 221 g/mol. The molecule has 3 nitrogen and oxygen atoms in total. The smallest absolute Gasteiger partial charge is 0.330 e. The van der Waals surface area contributed by atoms with Crippen molar-refractivity contribution in [2.24, 2.45) is 0 Å². The highest BCUT2D eigenvalue weighted by molar-refractivity contribution is 8.03. The number of hydrogen-bond donors (Lipinski definition) is 1. The zero-order valence-corrected chi connectivity index (χ0v) is 9.12. The van der Waals surface area contributed by atoms with Crippen LogP contribution in [0.5, 0.6) is 0 Å². The SMILES string of the molecule is CCN1/C(=C/C(=O)O)Sc2ccccc21. The minimum Gasteiger partial charge on any atom is -0.478 e. The third-order valence-corrected chi connectivity index (χ3v) is 3.31. The predicted molar refractivity (Wildman–Crippen MR) is 61.0 cm³/mol. The van der Waals surface area contributed by atoms with Crippen molar-refractivity contribution < 1.29 is 9.90 Å². The van der Waals surface area contributed by atoms with E-state index in [9.17, 15) is 4.79 Å². The lowest BCUT2D eigenvalue weighted by Crippen LogP contribution is -2.17. The van der Waals surface area contributed by atoms with Crippen LogP contribution in [0, 0.1) is 0 Å². The first-order chi connectivity index (χ1) is 7.22. The second kappa shape index (κ2) is 3.98. The lowest BCUT2D eigenvalue weighted by atomic mass is 10.3. The molecule has 0 aromatic heterocycles. The van der Waals surface area contributed by atoms with Gasteiger partial charge in [0.25, 0.3) is 0 Å². The summed E-state index contributed by atoms with van der Waals surface area (Å²) in [6.45, 7) is 2.79. The number of carboxylic acid groups (broad SMARTS) is 1. The molecule has 0 saturated heterocycles. The van der Waals surface area contributed by atoms with Gasteiger partial charge in [0, 0.05) is 11.4 Å². The summed E-state index contributed by atoms with van der Waals surface area (Å²) in [5.41, 5.74) is 1.09. The molecule has 2 rings (SSSR count). The van der Waals surface area contributed by atoms with Crippen LogP contribution in [0.25, 0.3) is 0 Å². The van der Waals surface area contributed by atoms with Crippen LogP contribution in [-0.4, -0.2) is 17.6 Å². The van der Waals surface area contributed by atoms with Crippen molar-refractivity contribution in [3.05, 3.63) is 35.4 Å². The Morgan fingerprint density at radius 1 is 1.53 bits per heavy atom. The molecular weight excluding hydrogens is 210 g/mol. The lowest BCUT2D eigenvalue weighted by Gasteiger charge is -2.17. The van der Waals surface area contributed by atoms with Gasteiger partial charge in [0.2, 0.25) is 0 Å². The van der Waals surface area contributed by atoms with Gasteiger partial charge in [-0.3, -0.25) is 0 Å². The van der Waals surface area contributed by atoms with Crippen LogP contribution < -0.4 is 4.90 Å². The molecule has 0 amide bonds. The summed E-state index contributed by atoms with van der Waals surface area (Å²) >= 11 is 1.50. The summed E-state index contributed by atoms with van der Waals surface area (Å²) in [6, 6.07) is 7.94. The number of hydrogen-bond acceptors (Lipinski definition) is 3. The van der Waals surface area contributed by atoms with Gasteiger partial charge in [-0.1, -0.05) is 23.9 Å². The quantitative estimate of drug-likeness (QED) is 0.779. The fraction of sp³-hybridized carbons (Fsp3) is 0.182. The minimum atomic E-state index is -0.899. The lowest BCUT2D eigenvalue weighted by molar-refractivity contribution is -0.131. The van der Waals surface area contributed by atoms with Crippen LogP contribution in [-0.2, 0) is 4.79 Å². The summed E-state index contributed by atoms with van der Waals surface area (Å²) in [5, 5.41) is 9.53. The molecule has 0 bridgehead atoms. The second-order valence-corrected chi connectivity index (χ2v) is 4.20. The summed E-state index contributed by atoms with van der Waals surface area (Å²) < 4.78 is 0. The van der Waals surface area contributed by atoms with Gasteiger partial charge < -0.3 is 10.0 Å². The maximum atomic E-state index is 10.7. The molecule has 0 radical (unpaired) electrons. The Morgan fingerprint density at radius 2 is 2.27 bits per heavy atom. The van der Waals surface area contributed by atoms with Crippen molar-refractivity contribution in [1.82, 2.24) is 0 Å². The number of para-hydroxylation sites is 1. The number of rotatable bonds is 2. The number of anilines is 1. The molecule has 1 heterocycles. The van der Waals surface area contributed by atoms with E-state index in [1.807, 2.05) is 36.1 Å². The topological polar surface area (TPSA) is 40.5 Å². The summed E-state index contributed by atoms with van der Waals surface area (Å²) in [4.78, 5) is 13.8. The Labute approximate surface area is 92.4 Å². The molecule has 0 saturated carbocycles. The highest BCUT2D eigenvalue weighted by Gasteiger charge is 2.23. The van der Waals surface area contributed by atoms with E-state index in [0.29, 0.717) is 0 Å². The zero-order valence-electron chi connectivity index (χ0n) is 8.30. The van der Waals surface area contributed by atoms with E-state index in [4.69, 9.17) is 5.11 Å². The van der Waals surface area contributed by atoms with Crippen LogP contribution in [0.3, 0.4) is 0 Å². The van der Waals surface area contributed by atoms with Gasteiger partial charge in [0.15, 0.2) is 0 Å². The van der Waals surface area contributed by atoms with E-state index in [-0.39, 0.29) is 0 Å². The summed E-state index contributed by atoms with van der Waals surface area (Å²) in [5.74, 6) is -0.899. The highest BCUT2D eigenvalue weighted by atomic mass is 32.2. The number of carbonyl (C=O) groups is 1. The largest absolute Gasteiger partial charge is 0.478 e. The fourth-order valence-corrected chi connectivity index (χ4v) is 2.74. The standard InChI is InChI=1S/C11H11NO2S/c1-2-12-8-5-3-4-6-9(8)15-10(12)7-11(13)14/h3-7H,2H2,1H3,(H,13,14)/b10-7-. The third-order valence-electron chi connectivity index (χ3n) is 2.20. The average Bonchev–Trinajstić information content (AvgIpc) is 2.53.